The lowest BCUT2D eigenvalue weighted by atomic mass is 10.00. The van der Waals surface area contributed by atoms with Gasteiger partial charge in [-0.3, -0.25) is 0 Å². The van der Waals surface area contributed by atoms with Gasteiger partial charge in [-0.15, -0.1) is 0 Å². The minimum Gasteiger partial charge on any atom is -0.368 e. The molecule has 1 aromatic heterocycles. The fourth-order valence-corrected chi connectivity index (χ4v) is 1.93. The van der Waals surface area contributed by atoms with Crippen molar-refractivity contribution in [1.29, 1.82) is 0 Å². The summed E-state index contributed by atoms with van der Waals surface area (Å²) in [6, 6.07) is 10.6. The molecule has 0 aliphatic carbocycles. The SMILES string of the molecule is CC(C)c1ccc(C(C)Nc2ccnc(N)n2)cc1. The van der Waals surface area contributed by atoms with E-state index in [2.05, 4.69) is 60.3 Å². The summed E-state index contributed by atoms with van der Waals surface area (Å²) in [5.74, 6) is 1.58. The molecular formula is C15H20N4. The van der Waals surface area contributed by atoms with E-state index < -0.39 is 0 Å². The number of anilines is 2. The smallest absolute Gasteiger partial charge is 0.221 e. The van der Waals surface area contributed by atoms with E-state index in [1.54, 1.807) is 6.20 Å². The van der Waals surface area contributed by atoms with Crippen LogP contribution in [-0.4, -0.2) is 9.97 Å². The summed E-state index contributed by atoms with van der Waals surface area (Å²) in [4.78, 5) is 8.02. The lowest BCUT2D eigenvalue weighted by Crippen LogP contribution is -2.09. The van der Waals surface area contributed by atoms with E-state index in [1.807, 2.05) is 6.07 Å². The summed E-state index contributed by atoms with van der Waals surface area (Å²) in [5.41, 5.74) is 8.14. The fraction of sp³-hybridized carbons (Fsp3) is 0.333. The third kappa shape index (κ3) is 3.44. The van der Waals surface area contributed by atoms with Gasteiger partial charge in [0.05, 0.1) is 0 Å². The van der Waals surface area contributed by atoms with Crippen molar-refractivity contribution >= 4 is 11.8 Å². The average Bonchev–Trinajstić information content (AvgIpc) is 2.39. The second-order valence-corrected chi connectivity index (χ2v) is 4.99. The van der Waals surface area contributed by atoms with Crippen LogP contribution in [0.4, 0.5) is 11.8 Å². The summed E-state index contributed by atoms with van der Waals surface area (Å²) in [7, 11) is 0. The van der Waals surface area contributed by atoms with Crippen molar-refractivity contribution in [3.63, 3.8) is 0 Å². The largest absolute Gasteiger partial charge is 0.368 e. The molecule has 19 heavy (non-hydrogen) atoms. The number of aromatic nitrogens is 2. The molecule has 4 nitrogen and oxygen atoms in total. The van der Waals surface area contributed by atoms with Crippen molar-refractivity contribution in [1.82, 2.24) is 9.97 Å². The normalized spacial score (nSPS) is 12.4. The minimum atomic E-state index is 0.176. The molecule has 0 spiro atoms. The summed E-state index contributed by atoms with van der Waals surface area (Å²) in [6.07, 6.45) is 1.65. The number of nitrogens with one attached hydrogen (secondary N) is 1. The van der Waals surface area contributed by atoms with Crippen LogP contribution >= 0.6 is 0 Å². The van der Waals surface area contributed by atoms with Crippen LogP contribution in [0.25, 0.3) is 0 Å². The third-order valence-corrected chi connectivity index (χ3v) is 3.14. The number of nitrogen functional groups attached to an aromatic ring is 1. The first kappa shape index (κ1) is 13.3. The fourth-order valence-electron chi connectivity index (χ4n) is 1.93. The van der Waals surface area contributed by atoms with Crippen LogP contribution in [0.2, 0.25) is 0 Å². The van der Waals surface area contributed by atoms with Crippen LogP contribution in [0.3, 0.4) is 0 Å². The Bertz CT molecular complexity index is 534. The van der Waals surface area contributed by atoms with Crippen LogP contribution in [0.15, 0.2) is 36.5 Å². The van der Waals surface area contributed by atoms with Crippen LogP contribution in [-0.2, 0) is 0 Å². The number of nitrogens with zero attached hydrogens (tertiary/aromatic N) is 2. The van der Waals surface area contributed by atoms with Crippen LogP contribution in [0, 0.1) is 0 Å². The van der Waals surface area contributed by atoms with E-state index in [1.165, 1.54) is 11.1 Å². The summed E-state index contributed by atoms with van der Waals surface area (Å²) < 4.78 is 0. The second kappa shape index (κ2) is 5.69. The second-order valence-electron chi connectivity index (χ2n) is 4.99. The highest BCUT2D eigenvalue weighted by Crippen LogP contribution is 2.21. The predicted octanol–water partition coefficient (Wildman–Crippen LogP) is 3.36. The first-order valence-corrected chi connectivity index (χ1v) is 6.51. The molecule has 100 valence electrons. The van der Waals surface area contributed by atoms with Gasteiger partial charge in [-0.05, 0) is 30.0 Å². The van der Waals surface area contributed by atoms with Gasteiger partial charge in [-0.2, -0.15) is 4.98 Å². The average molecular weight is 256 g/mol. The van der Waals surface area contributed by atoms with Crippen molar-refractivity contribution in [3.05, 3.63) is 47.7 Å². The van der Waals surface area contributed by atoms with E-state index >= 15 is 0 Å². The van der Waals surface area contributed by atoms with Crippen LogP contribution in [0.5, 0.6) is 0 Å². The Hall–Kier alpha value is -2.10. The molecule has 0 fully saturated rings. The highest BCUT2D eigenvalue weighted by atomic mass is 15.1. The first-order valence-electron chi connectivity index (χ1n) is 6.51. The highest BCUT2D eigenvalue weighted by molar-refractivity contribution is 5.40. The Morgan fingerprint density at radius 1 is 1.00 bits per heavy atom. The van der Waals surface area contributed by atoms with Crippen molar-refractivity contribution < 1.29 is 0 Å². The zero-order valence-electron chi connectivity index (χ0n) is 11.6. The maximum Gasteiger partial charge on any atom is 0.221 e. The van der Waals surface area contributed by atoms with Gasteiger partial charge >= 0.3 is 0 Å². The third-order valence-electron chi connectivity index (χ3n) is 3.14. The quantitative estimate of drug-likeness (QED) is 0.880. The van der Waals surface area contributed by atoms with Gasteiger partial charge in [0.25, 0.3) is 0 Å². The summed E-state index contributed by atoms with van der Waals surface area (Å²) in [6.45, 7) is 6.49. The zero-order chi connectivity index (χ0) is 13.8. The molecule has 4 heteroatoms. The molecule has 1 aromatic carbocycles. The van der Waals surface area contributed by atoms with Gasteiger partial charge in [0.2, 0.25) is 5.95 Å². The van der Waals surface area contributed by atoms with Gasteiger partial charge < -0.3 is 11.1 Å². The number of hydrogen-bond acceptors (Lipinski definition) is 4. The van der Waals surface area contributed by atoms with Gasteiger partial charge in [-0.25, -0.2) is 4.98 Å². The molecule has 0 saturated carbocycles. The van der Waals surface area contributed by atoms with E-state index in [9.17, 15) is 0 Å². The van der Waals surface area contributed by atoms with Crippen molar-refractivity contribution in [3.8, 4) is 0 Å². The lowest BCUT2D eigenvalue weighted by molar-refractivity contribution is 0.848. The zero-order valence-corrected chi connectivity index (χ0v) is 11.6. The van der Waals surface area contributed by atoms with E-state index in [-0.39, 0.29) is 12.0 Å². The van der Waals surface area contributed by atoms with E-state index in [0.29, 0.717) is 5.92 Å². The molecule has 2 rings (SSSR count). The molecule has 3 N–H and O–H groups in total. The van der Waals surface area contributed by atoms with Gasteiger partial charge in [0.1, 0.15) is 5.82 Å². The number of benzene rings is 1. The molecule has 1 unspecified atom stereocenters. The molecular weight excluding hydrogens is 236 g/mol. The molecule has 0 radical (unpaired) electrons. The number of rotatable bonds is 4. The Balaban J connectivity index is 2.09. The van der Waals surface area contributed by atoms with Gasteiger partial charge in [0, 0.05) is 12.2 Å². The van der Waals surface area contributed by atoms with Crippen LogP contribution in [0.1, 0.15) is 43.9 Å². The summed E-state index contributed by atoms with van der Waals surface area (Å²) >= 11 is 0. The lowest BCUT2D eigenvalue weighted by Gasteiger charge is -2.16. The molecule has 0 aliphatic heterocycles. The Kier molecular flexibility index (Phi) is 4.00. The Labute approximate surface area is 114 Å². The predicted molar refractivity (Wildman–Crippen MR) is 79.0 cm³/mol. The first-order chi connectivity index (χ1) is 9.06. The Morgan fingerprint density at radius 3 is 2.21 bits per heavy atom. The van der Waals surface area contributed by atoms with Crippen LogP contribution < -0.4 is 11.1 Å². The van der Waals surface area contributed by atoms with E-state index in [0.717, 1.165) is 5.82 Å². The molecule has 0 bridgehead atoms. The minimum absolute atomic E-state index is 0.176. The monoisotopic (exact) mass is 256 g/mol. The molecule has 0 amide bonds. The van der Waals surface area contributed by atoms with Crippen molar-refractivity contribution in [2.24, 2.45) is 0 Å². The maximum absolute atomic E-state index is 5.56. The summed E-state index contributed by atoms with van der Waals surface area (Å²) in [5, 5.41) is 3.32. The Morgan fingerprint density at radius 2 is 1.63 bits per heavy atom. The number of nitrogens with two attached hydrogens (primary N) is 1. The highest BCUT2D eigenvalue weighted by Gasteiger charge is 2.07. The van der Waals surface area contributed by atoms with Crippen molar-refractivity contribution in [2.45, 2.75) is 32.7 Å². The molecule has 0 saturated heterocycles. The van der Waals surface area contributed by atoms with Gasteiger partial charge in [0.15, 0.2) is 0 Å². The van der Waals surface area contributed by atoms with Crippen molar-refractivity contribution in [2.75, 3.05) is 11.1 Å². The molecule has 0 aliphatic rings. The van der Waals surface area contributed by atoms with Gasteiger partial charge in [-0.1, -0.05) is 38.1 Å². The molecule has 2 aromatic rings. The molecule has 1 heterocycles. The molecule has 1 atom stereocenters. The topological polar surface area (TPSA) is 63.8 Å². The maximum atomic E-state index is 5.56. The van der Waals surface area contributed by atoms with E-state index in [4.69, 9.17) is 5.73 Å². The number of hydrogen-bond donors (Lipinski definition) is 2. The standard InChI is InChI=1S/C15H20N4/c1-10(2)12-4-6-13(7-5-12)11(3)18-14-8-9-17-15(16)19-14/h4-11H,1-3H3,(H3,16,17,18,19).